The number of hydrogen-bond acceptors (Lipinski definition) is 5. The van der Waals surface area contributed by atoms with Gasteiger partial charge < -0.3 is 9.73 Å². The van der Waals surface area contributed by atoms with E-state index in [1.807, 2.05) is 0 Å². The van der Waals surface area contributed by atoms with Crippen LogP contribution in [0.25, 0.3) is 11.6 Å². The van der Waals surface area contributed by atoms with Crippen molar-refractivity contribution >= 4 is 35.0 Å². The van der Waals surface area contributed by atoms with Gasteiger partial charge in [0, 0.05) is 10.7 Å². The minimum atomic E-state index is -0.156. The Balaban J connectivity index is 1.55. The molecule has 1 aromatic carbocycles. The lowest BCUT2D eigenvalue weighted by Crippen LogP contribution is -2.14. The van der Waals surface area contributed by atoms with E-state index in [0.29, 0.717) is 27.5 Å². The van der Waals surface area contributed by atoms with Gasteiger partial charge in [-0.1, -0.05) is 29.4 Å². The van der Waals surface area contributed by atoms with Gasteiger partial charge >= 0.3 is 0 Å². The first kappa shape index (κ1) is 14.7. The number of carbonyl (C=O) groups excluding carboxylic acids is 1. The summed E-state index contributed by atoms with van der Waals surface area (Å²) in [4.78, 5) is 16.1. The molecule has 1 amide bonds. The van der Waals surface area contributed by atoms with Gasteiger partial charge in [0.1, 0.15) is 0 Å². The number of anilines is 1. The molecule has 8 heteroatoms. The second kappa shape index (κ2) is 6.67. The first-order chi connectivity index (χ1) is 10.7. The topological polar surface area (TPSA) is 83.8 Å². The molecule has 0 aliphatic carbocycles. The van der Waals surface area contributed by atoms with Crippen LogP contribution in [0.1, 0.15) is 0 Å². The summed E-state index contributed by atoms with van der Waals surface area (Å²) in [6.45, 7) is 0. The van der Waals surface area contributed by atoms with Crippen molar-refractivity contribution in [2.45, 2.75) is 5.16 Å². The van der Waals surface area contributed by atoms with E-state index in [0.717, 1.165) is 0 Å². The summed E-state index contributed by atoms with van der Waals surface area (Å²) in [5.41, 5.74) is 0.657. The molecule has 3 rings (SSSR count). The molecule has 6 nitrogen and oxygen atoms in total. The maximum Gasteiger partial charge on any atom is 0.234 e. The molecule has 0 fully saturated rings. The van der Waals surface area contributed by atoms with Gasteiger partial charge in [-0.2, -0.15) is 4.98 Å². The number of benzene rings is 1. The summed E-state index contributed by atoms with van der Waals surface area (Å²) in [7, 11) is 0. The molecule has 0 radical (unpaired) electrons. The van der Waals surface area contributed by atoms with Crippen molar-refractivity contribution in [1.29, 1.82) is 0 Å². The summed E-state index contributed by atoms with van der Waals surface area (Å²) in [6, 6.07) is 10.5. The van der Waals surface area contributed by atoms with Gasteiger partial charge in [0.2, 0.25) is 11.1 Å². The van der Waals surface area contributed by atoms with Crippen LogP contribution in [0.15, 0.2) is 52.2 Å². The third kappa shape index (κ3) is 3.69. The Morgan fingerprint density at radius 1 is 1.36 bits per heavy atom. The zero-order valence-electron chi connectivity index (χ0n) is 11.2. The Morgan fingerprint density at radius 3 is 3.05 bits per heavy atom. The summed E-state index contributed by atoms with van der Waals surface area (Å²) < 4.78 is 5.21. The number of amides is 1. The van der Waals surface area contributed by atoms with Crippen molar-refractivity contribution in [1.82, 2.24) is 15.2 Å². The quantitative estimate of drug-likeness (QED) is 0.698. The number of aromatic nitrogens is 3. The molecular weight excluding hydrogens is 324 g/mol. The van der Waals surface area contributed by atoms with Crippen molar-refractivity contribution in [2.75, 3.05) is 11.1 Å². The number of thioether (sulfide) groups is 1. The van der Waals surface area contributed by atoms with Crippen LogP contribution in [0, 0.1) is 0 Å². The third-order valence-corrected chi connectivity index (χ3v) is 3.74. The molecule has 112 valence electrons. The van der Waals surface area contributed by atoms with E-state index in [1.54, 1.807) is 42.7 Å². The minimum Gasteiger partial charge on any atom is -0.461 e. The van der Waals surface area contributed by atoms with Crippen molar-refractivity contribution in [2.24, 2.45) is 0 Å². The van der Waals surface area contributed by atoms with E-state index >= 15 is 0 Å². The first-order valence-electron chi connectivity index (χ1n) is 6.35. The molecule has 0 bridgehead atoms. The molecule has 0 saturated carbocycles. The Labute approximate surface area is 135 Å². The molecule has 2 heterocycles. The number of nitrogens with one attached hydrogen (secondary N) is 2. The number of H-pyrrole nitrogens is 1. The number of carbonyl (C=O) groups is 1. The lowest BCUT2D eigenvalue weighted by atomic mass is 10.3. The highest BCUT2D eigenvalue weighted by molar-refractivity contribution is 7.99. The van der Waals surface area contributed by atoms with E-state index in [-0.39, 0.29) is 11.7 Å². The molecule has 2 N–H and O–H groups in total. The number of rotatable bonds is 5. The van der Waals surface area contributed by atoms with E-state index in [4.69, 9.17) is 16.0 Å². The number of aromatic amines is 1. The minimum absolute atomic E-state index is 0.156. The Morgan fingerprint density at radius 2 is 2.27 bits per heavy atom. The molecule has 22 heavy (non-hydrogen) atoms. The predicted octanol–water partition coefficient (Wildman–Crippen LogP) is 3.45. The molecule has 0 aliphatic heterocycles. The van der Waals surface area contributed by atoms with Crippen molar-refractivity contribution in [3.63, 3.8) is 0 Å². The maximum absolute atomic E-state index is 11.9. The monoisotopic (exact) mass is 334 g/mol. The van der Waals surface area contributed by atoms with E-state index in [9.17, 15) is 4.79 Å². The van der Waals surface area contributed by atoms with Crippen molar-refractivity contribution in [3.8, 4) is 11.6 Å². The predicted molar refractivity (Wildman–Crippen MR) is 84.9 cm³/mol. The van der Waals surface area contributed by atoms with Gasteiger partial charge in [-0.15, -0.1) is 5.10 Å². The van der Waals surface area contributed by atoms with E-state index in [2.05, 4.69) is 20.5 Å². The maximum atomic E-state index is 11.9. The van der Waals surface area contributed by atoms with Crippen LogP contribution in [0.5, 0.6) is 0 Å². The summed E-state index contributed by atoms with van der Waals surface area (Å²) in [5.74, 6) is 1.17. The van der Waals surface area contributed by atoms with Crippen molar-refractivity contribution in [3.05, 3.63) is 47.7 Å². The van der Waals surface area contributed by atoms with Crippen LogP contribution in [0.4, 0.5) is 5.69 Å². The van der Waals surface area contributed by atoms with Gasteiger partial charge in [-0.3, -0.25) is 9.89 Å². The van der Waals surface area contributed by atoms with Gasteiger partial charge in [-0.05, 0) is 30.3 Å². The van der Waals surface area contributed by atoms with Crippen molar-refractivity contribution < 1.29 is 9.21 Å². The fourth-order valence-electron chi connectivity index (χ4n) is 1.73. The van der Waals surface area contributed by atoms with Gasteiger partial charge in [0.25, 0.3) is 0 Å². The molecule has 0 saturated heterocycles. The standard InChI is InChI=1S/C14H11ClN4O2S/c15-9-3-1-4-10(7-9)16-12(20)8-22-14-17-13(18-19-14)11-5-2-6-21-11/h1-7H,8H2,(H,16,20)(H,17,18,19). The fraction of sp³-hybridized carbons (Fsp3) is 0.0714. The Hall–Kier alpha value is -2.25. The molecule has 2 aromatic heterocycles. The van der Waals surface area contributed by atoms with Crippen LogP contribution in [0.2, 0.25) is 5.02 Å². The average molecular weight is 335 g/mol. The molecule has 0 spiro atoms. The molecule has 3 aromatic rings. The van der Waals surface area contributed by atoms with Crippen LogP contribution in [-0.2, 0) is 4.79 Å². The second-order valence-electron chi connectivity index (χ2n) is 4.29. The van der Waals surface area contributed by atoms with Crippen LogP contribution in [-0.4, -0.2) is 26.8 Å². The zero-order valence-corrected chi connectivity index (χ0v) is 12.8. The SMILES string of the molecule is O=C(CSc1n[nH]c(-c2ccco2)n1)Nc1cccc(Cl)c1. The molecule has 0 unspecified atom stereocenters. The fourth-order valence-corrected chi connectivity index (χ4v) is 2.52. The third-order valence-electron chi connectivity index (χ3n) is 2.66. The normalized spacial score (nSPS) is 10.6. The van der Waals surface area contributed by atoms with E-state index < -0.39 is 0 Å². The average Bonchev–Trinajstić information content (AvgIpc) is 3.16. The Kier molecular flexibility index (Phi) is 4.45. The highest BCUT2D eigenvalue weighted by Gasteiger charge is 2.10. The van der Waals surface area contributed by atoms with Crippen LogP contribution < -0.4 is 5.32 Å². The van der Waals surface area contributed by atoms with Crippen LogP contribution >= 0.6 is 23.4 Å². The lowest BCUT2D eigenvalue weighted by Gasteiger charge is -2.03. The largest absolute Gasteiger partial charge is 0.461 e. The number of halogens is 1. The Bertz CT molecular complexity index is 773. The highest BCUT2D eigenvalue weighted by atomic mass is 35.5. The van der Waals surface area contributed by atoms with E-state index in [1.165, 1.54) is 11.8 Å². The summed E-state index contributed by atoms with van der Waals surface area (Å²) >= 11 is 7.09. The molecule has 0 aliphatic rings. The smallest absolute Gasteiger partial charge is 0.234 e. The van der Waals surface area contributed by atoms with Crippen LogP contribution in [0.3, 0.4) is 0 Å². The van der Waals surface area contributed by atoms with Gasteiger partial charge in [-0.25, -0.2) is 0 Å². The second-order valence-corrected chi connectivity index (χ2v) is 5.67. The summed E-state index contributed by atoms with van der Waals surface area (Å²) in [5, 5.41) is 10.6. The highest BCUT2D eigenvalue weighted by Crippen LogP contribution is 2.20. The van der Waals surface area contributed by atoms with Gasteiger partial charge in [0.15, 0.2) is 11.6 Å². The number of nitrogens with zero attached hydrogens (tertiary/aromatic N) is 2. The number of furan rings is 1. The number of hydrogen-bond donors (Lipinski definition) is 2. The lowest BCUT2D eigenvalue weighted by molar-refractivity contribution is -0.113. The summed E-state index contributed by atoms with van der Waals surface area (Å²) in [6.07, 6.45) is 1.56. The zero-order chi connectivity index (χ0) is 15.4. The molecular formula is C14H11ClN4O2S. The molecule has 0 atom stereocenters. The first-order valence-corrected chi connectivity index (χ1v) is 7.71. The van der Waals surface area contributed by atoms with Gasteiger partial charge in [0.05, 0.1) is 12.0 Å².